The van der Waals surface area contributed by atoms with Crippen molar-refractivity contribution >= 4 is 0 Å². The highest BCUT2D eigenvalue weighted by atomic mass is 19.3. The lowest BCUT2D eigenvalue weighted by atomic mass is 9.77. The minimum absolute atomic E-state index is 0.249. The summed E-state index contributed by atoms with van der Waals surface area (Å²) in [5, 5.41) is 0. The van der Waals surface area contributed by atoms with Gasteiger partial charge in [0.25, 0.3) is 5.92 Å². The summed E-state index contributed by atoms with van der Waals surface area (Å²) < 4.78 is 34.4. The minimum Gasteiger partial charge on any atom is -0.371 e. The van der Waals surface area contributed by atoms with Gasteiger partial charge < -0.3 is 4.74 Å². The molecule has 0 radical (unpaired) electrons. The quantitative estimate of drug-likeness (QED) is 0.374. The van der Waals surface area contributed by atoms with Crippen molar-refractivity contribution in [1.29, 1.82) is 0 Å². The molecule has 0 aromatic heterocycles. The number of allylic oxidation sites excluding steroid dienone is 3. The van der Waals surface area contributed by atoms with Crippen LogP contribution in [0, 0.1) is 11.8 Å². The van der Waals surface area contributed by atoms with Gasteiger partial charge in [0, 0.05) is 5.92 Å². The largest absolute Gasteiger partial charge is 0.371 e. The van der Waals surface area contributed by atoms with Crippen LogP contribution >= 0.6 is 0 Å². The van der Waals surface area contributed by atoms with Crippen molar-refractivity contribution in [3.63, 3.8) is 0 Å². The van der Waals surface area contributed by atoms with Gasteiger partial charge in [-0.15, -0.1) is 6.58 Å². The van der Waals surface area contributed by atoms with Crippen LogP contribution < -0.4 is 0 Å². The van der Waals surface area contributed by atoms with Gasteiger partial charge in [0.2, 0.25) is 0 Å². The standard InChI is InChI=1S/C24H34F2O/c1-3-5-7-9-21-10-12-22(13-11-21)18-27-19-24(25,26)23-16-14-20(15-17-23)8-6-4-2/h3-5,10-13,20,23H,2,6-9,14-19H2,1H3. The molecule has 27 heavy (non-hydrogen) atoms. The summed E-state index contributed by atoms with van der Waals surface area (Å²) in [6.45, 7) is 5.53. The Morgan fingerprint density at radius 2 is 1.74 bits per heavy atom. The average molecular weight is 377 g/mol. The maximum atomic E-state index is 14.5. The van der Waals surface area contributed by atoms with Crippen molar-refractivity contribution in [2.75, 3.05) is 6.61 Å². The summed E-state index contributed by atoms with van der Waals surface area (Å²) >= 11 is 0. The second-order valence-corrected chi connectivity index (χ2v) is 7.76. The van der Waals surface area contributed by atoms with Crippen molar-refractivity contribution in [3.05, 3.63) is 60.2 Å². The summed E-state index contributed by atoms with van der Waals surface area (Å²) in [6.07, 6.45) is 13.2. The molecule has 0 unspecified atom stereocenters. The average Bonchev–Trinajstić information content (AvgIpc) is 2.68. The monoisotopic (exact) mass is 376 g/mol. The molecule has 1 aromatic carbocycles. The number of alkyl halides is 2. The first-order valence-corrected chi connectivity index (χ1v) is 10.3. The third-order valence-electron chi connectivity index (χ3n) is 5.64. The Balaban J connectivity index is 1.71. The highest BCUT2D eigenvalue weighted by molar-refractivity contribution is 5.22. The Bertz CT molecular complexity index is 569. The van der Waals surface area contributed by atoms with Crippen LogP contribution in [0.25, 0.3) is 0 Å². The van der Waals surface area contributed by atoms with Gasteiger partial charge in [-0.2, -0.15) is 0 Å². The molecule has 1 aliphatic carbocycles. The van der Waals surface area contributed by atoms with Gasteiger partial charge in [0.15, 0.2) is 0 Å². The van der Waals surface area contributed by atoms with Gasteiger partial charge in [0.1, 0.15) is 6.61 Å². The maximum absolute atomic E-state index is 14.5. The van der Waals surface area contributed by atoms with E-state index in [1.165, 1.54) is 5.56 Å². The fourth-order valence-electron chi connectivity index (χ4n) is 3.87. The molecule has 0 saturated heterocycles. The Kier molecular flexibility index (Phi) is 9.20. The summed E-state index contributed by atoms with van der Waals surface area (Å²) in [7, 11) is 0. The highest BCUT2D eigenvalue weighted by Crippen LogP contribution is 2.40. The van der Waals surface area contributed by atoms with Crippen LogP contribution in [-0.4, -0.2) is 12.5 Å². The molecule has 1 nitrogen and oxygen atoms in total. The van der Waals surface area contributed by atoms with Crippen LogP contribution in [0.2, 0.25) is 0 Å². The Morgan fingerprint density at radius 3 is 2.37 bits per heavy atom. The van der Waals surface area contributed by atoms with E-state index in [0.29, 0.717) is 18.8 Å². The molecular formula is C24H34F2O. The lowest BCUT2D eigenvalue weighted by Gasteiger charge is -2.33. The van der Waals surface area contributed by atoms with Crippen LogP contribution in [0.4, 0.5) is 8.78 Å². The molecule has 0 atom stereocenters. The molecule has 1 aromatic rings. The third-order valence-corrected chi connectivity index (χ3v) is 5.64. The molecule has 0 spiro atoms. The molecule has 0 heterocycles. The molecule has 0 bridgehead atoms. The van der Waals surface area contributed by atoms with Gasteiger partial charge >= 0.3 is 0 Å². The van der Waals surface area contributed by atoms with Crippen molar-refractivity contribution in [3.8, 4) is 0 Å². The SMILES string of the molecule is C=CCCC1CCC(C(F)(F)COCc2ccc(CCC=CC)cc2)CC1. The molecular weight excluding hydrogens is 342 g/mol. The first-order valence-electron chi connectivity index (χ1n) is 10.3. The van der Waals surface area contributed by atoms with Gasteiger partial charge in [-0.1, -0.05) is 42.5 Å². The lowest BCUT2D eigenvalue weighted by molar-refractivity contribution is -0.131. The van der Waals surface area contributed by atoms with E-state index in [9.17, 15) is 8.78 Å². The van der Waals surface area contributed by atoms with E-state index >= 15 is 0 Å². The second kappa shape index (κ2) is 11.4. The number of benzene rings is 1. The third kappa shape index (κ3) is 7.57. The minimum atomic E-state index is -2.73. The molecule has 150 valence electrons. The molecule has 1 aliphatic rings. The van der Waals surface area contributed by atoms with E-state index in [1.54, 1.807) is 0 Å². The van der Waals surface area contributed by atoms with E-state index in [2.05, 4.69) is 30.9 Å². The molecule has 0 N–H and O–H groups in total. The number of hydrogen-bond acceptors (Lipinski definition) is 1. The molecule has 1 saturated carbocycles. The number of ether oxygens (including phenoxy) is 1. The zero-order valence-corrected chi connectivity index (χ0v) is 16.6. The Hall–Kier alpha value is -1.48. The van der Waals surface area contributed by atoms with Crippen LogP contribution in [0.1, 0.15) is 63.0 Å². The van der Waals surface area contributed by atoms with E-state index in [4.69, 9.17) is 4.74 Å². The van der Waals surface area contributed by atoms with Crippen LogP contribution in [-0.2, 0) is 17.8 Å². The van der Waals surface area contributed by atoms with E-state index in [1.807, 2.05) is 25.1 Å². The molecule has 1 fully saturated rings. The topological polar surface area (TPSA) is 9.23 Å². The zero-order valence-electron chi connectivity index (χ0n) is 16.6. The smallest absolute Gasteiger partial charge is 0.273 e. The van der Waals surface area contributed by atoms with Gasteiger partial charge in [0.05, 0.1) is 6.61 Å². The van der Waals surface area contributed by atoms with Crippen LogP contribution in [0.3, 0.4) is 0 Å². The number of rotatable bonds is 11. The first kappa shape index (κ1) is 21.8. The van der Waals surface area contributed by atoms with Gasteiger partial charge in [-0.25, -0.2) is 8.78 Å². The highest BCUT2D eigenvalue weighted by Gasteiger charge is 2.41. The number of hydrogen-bond donors (Lipinski definition) is 0. The van der Waals surface area contributed by atoms with Gasteiger partial charge in [-0.05, 0) is 75.3 Å². The Labute approximate surface area is 163 Å². The van der Waals surface area contributed by atoms with Crippen molar-refractivity contribution < 1.29 is 13.5 Å². The fraction of sp³-hybridized carbons (Fsp3) is 0.583. The van der Waals surface area contributed by atoms with Crippen LogP contribution in [0.5, 0.6) is 0 Å². The van der Waals surface area contributed by atoms with Crippen LogP contribution in [0.15, 0.2) is 49.1 Å². The summed E-state index contributed by atoms with van der Waals surface area (Å²) in [6, 6.07) is 8.08. The molecule has 3 heteroatoms. The molecule has 0 aliphatic heterocycles. The summed E-state index contributed by atoms with van der Waals surface area (Å²) in [5.41, 5.74) is 2.21. The summed E-state index contributed by atoms with van der Waals surface area (Å²) in [4.78, 5) is 0. The zero-order chi connectivity index (χ0) is 19.5. The summed E-state index contributed by atoms with van der Waals surface area (Å²) in [5.74, 6) is -2.68. The molecule has 0 amide bonds. The van der Waals surface area contributed by atoms with Gasteiger partial charge in [-0.3, -0.25) is 0 Å². The number of halogens is 2. The van der Waals surface area contributed by atoms with Crippen molar-refractivity contribution in [2.24, 2.45) is 11.8 Å². The van der Waals surface area contributed by atoms with Crippen molar-refractivity contribution in [1.82, 2.24) is 0 Å². The Morgan fingerprint density at radius 1 is 1.07 bits per heavy atom. The van der Waals surface area contributed by atoms with E-state index in [0.717, 1.165) is 44.1 Å². The predicted molar refractivity (Wildman–Crippen MR) is 109 cm³/mol. The second-order valence-electron chi connectivity index (χ2n) is 7.76. The van der Waals surface area contributed by atoms with E-state index < -0.39 is 18.4 Å². The maximum Gasteiger partial charge on any atom is 0.273 e. The normalized spacial score (nSPS) is 20.9. The molecule has 2 rings (SSSR count). The number of aryl methyl sites for hydroxylation is 1. The van der Waals surface area contributed by atoms with E-state index in [-0.39, 0.29) is 6.61 Å². The fourth-order valence-corrected chi connectivity index (χ4v) is 3.87. The first-order chi connectivity index (χ1) is 13.0. The predicted octanol–water partition coefficient (Wildman–Crippen LogP) is 7.12. The lowest BCUT2D eigenvalue weighted by Crippen LogP contribution is -2.36. The van der Waals surface area contributed by atoms with Crippen molar-refractivity contribution in [2.45, 2.75) is 70.8 Å².